The summed E-state index contributed by atoms with van der Waals surface area (Å²) in [6.07, 6.45) is 0.865. The van der Waals surface area contributed by atoms with Crippen molar-refractivity contribution in [1.82, 2.24) is 15.4 Å². The van der Waals surface area contributed by atoms with E-state index in [-0.39, 0.29) is 43.5 Å². The number of carbonyl (C=O) groups is 3. The van der Waals surface area contributed by atoms with Crippen molar-refractivity contribution < 1.29 is 23.6 Å². The van der Waals surface area contributed by atoms with Crippen LogP contribution in [-0.2, 0) is 33.7 Å². The van der Waals surface area contributed by atoms with Gasteiger partial charge in [-0.25, -0.2) is 0 Å². The summed E-state index contributed by atoms with van der Waals surface area (Å²) >= 11 is 0. The van der Waals surface area contributed by atoms with E-state index in [1.165, 1.54) is 0 Å². The van der Waals surface area contributed by atoms with E-state index in [9.17, 15) is 14.4 Å². The second-order valence-corrected chi connectivity index (χ2v) is 7.67. The number of carbonyl (C=O) groups excluding carboxylic acids is 3. The van der Waals surface area contributed by atoms with E-state index in [2.05, 4.69) is 10.5 Å². The molecule has 2 aromatic carbocycles. The van der Waals surface area contributed by atoms with Crippen LogP contribution in [0, 0.1) is 0 Å². The van der Waals surface area contributed by atoms with Gasteiger partial charge in [0.1, 0.15) is 5.76 Å². The predicted molar refractivity (Wildman–Crippen MR) is 117 cm³/mol. The van der Waals surface area contributed by atoms with E-state index in [0.717, 1.165) is 16.3 Å². The summed E-state index contributed by atoms with van der Waals surface area (Å²) in [6, 6.07) is 14.1. The lowest BCUT2D eigenvalue weighted by atomic mass is 10.0. The van der Waals surface area contributed by atoms with Gasteiger partial charge in [-0.3, -0.25) is 14.4 Å². The van der Waals surface area contributed by atoms with Gasteiger partial charge in [0.25, 0.3) is 5.91 Å². The number of esters is 1. The summed E-state index contributed by atoms with van der Waals surface area (Å²) in [4.78, 5) is 38.6. The van der Waals surface area contributed by atoms with Crippen molar-refractivity contribution in [1.29, 1.82) is 0 Å². The molecule has 3 aromatic rings. The maximum Gasteiger partial charge on any atom is 0.307 e. The fourth-order valence-corrected chi connectivity index (χ4v) is 3.83. The van der Waals surface area contributed by atoms with Gasteiger partial charge >= 0.3 is 5.97 Å². The number of rotatable bonds is 7. The minimum Gasteiger partial charge on any atom is -0.466 e. The molecule has 0 atom stereocenters. The van der Waals surface area contributed by atoms with Crippen LogP contribution in [0.1, 0.15) is 40.7 Å². The molecule has 8 heteroatoms. The minimum atomic E-state index is -0.428. The van der Waals surface area contributed by atoms with Crippen molar-refractivity contribution in [3.05, 3.63) is 65.0 Å². The van der Waals surface area contributed by atoms with E-state index in [0.29, 0.717) is 30.9 Å². The zero-order valence-electron chi connectivity index (χ0n) is 17.9. The summed E-state index contributed by atoms with van der Waals surface area (Å²) < 4.78 is 10.2. The van der Waals surface area contributed by atoms with Gasteiger partial charge in [-0.05, 0) is 23.3 Å². The molecule has 1 aliphatic heterocycles. The smallest absolute Gasteiger partial charge is 0.307 e. The Morgan fingerprint density at radius 1 is 1.16 bits per heavy atom. The van der Waals surface area contributed by atoms with Gasteiger partial charge in [0, 0.05) is 25.1 Å². The van der Waals surface area contributed by atoms with Crippen molar-refractivity contribution in [2.75, 3.05) is 19.7 Å². The highest BCUT2D eigenvalue weighted by molar-refractivity contribution is 5.94. The molecular weight excluding hydrogens is 410 g/mol. The largest absolute Gasteiger partial charge is 0.466 e. The fraction of sp³-hybridized carbons (Fsp3) is 0.333. The van der Waals surface area contributed by atoms with Crippen LogP contribution in [0.4, 0.5) is 0 Å². The lowest BCUT2D eigenvalue weighted by molar-refractivity contribution is -0.142. The van der Waals surface area contributed by atoms with Crippen molar-refractivity contribution in [2.24, 2.45) is 0 Å². The van der Waals surface area contributed by atoms with Gasteiger partial charge in [0.05, 0.1) is 26.0 Å². The zero-order chi connectivity index (χ0) is 22.5. The predicted octanol–water partition coefficient (Wildman–Crippen LogP) is 2.64. The van der Waals surface area contributed by atoms with Crippen LogP contribution in [-0.4, -0.2) is 47.5 Å². The van der Waals surface area contributed by atoms with Crippen molar-refractivity contribution in [3.8, 4) is 0 Å². The third-order valence-corrected chi connectivity index (χ3v) is 5.48. The average Bonchev–Trinajstić information content (AvgIpc) is 3.22. The number of benzene rings is 2. The molecule has 4 rings (SSSR count). The molecule has 8 nitrogen and oxygen atoms in total. The number of fused-ring (bicyclic) bond motifs is 2. The van der Waals surface area contributed by atoms with Crippen LogP contribution < -0.4 is 5.32 Å². The first-order valence-electron chi connectivity index (χ1n) is 10.7. The molecule has 0 saturated heterocycles. The second kappa shape index (κ2) is 9.64. The Hall–Kier alpha value is -3.68. The van der Waals surface area contributed by atoms with E-state index < -0.39 is 5.91 Å². The van der Waals surface area contributed by atoms with Gasteiger partial charge in [-0.2, -0.15) is 0 Å². The first kappa shape index (κ1) is 21.5. The number of hydrogen-bond acceptors (Lipinski definition) is 6. The maximum atomic E-state index is 12.9. The normalized spacial score (nSPS) is 13.0. The lowest BCUT2D eigenvalue weighted by Gasteiger charge is -2.26. The molecule has 166 valence electrons. The van der Waals surface area contributed by atoms with Crippen LogP contribution in [0.3, 0.4) is 0 Å². The molecule has 0 saturated carbocycles. The fourth-order valence-electron chi connectivity index (χ4n) is 3.83. The zero-order valence-corrected chi connectivity index (χ0v) is 17.9. The van der Waals surface area contributed by atoms with Gasteiger partial charge in [-0.15, -0.1) is 0 Å². The van der Waals surface area contributed by atoms with Crippen molar-refractivity contribution in [2.45, 2.75) is 32.7 Å². The molecule has 0 fully saturated rings. The summed E-state index contributed by atoms with van der Waals surface area (Å²) in [5.74, 6) is -0.195. The number of hydrogen-bond donors (Lipinski definition) is 1. The Morgan fingerprint density at radius 3 is 2.78 bits per heavy atom. The van der Waals surface area contributed by atoms with E-state index >= 15 is 0 Å². The second-order valence-electron chi connectivity index (χ2n) is 7.67. The molecule has 2 amide bonds. The maximum absolute atomic E-state index is 12.9. The number of amides is 2. The van der Waals surface area contributed by atoms with E-state index in [1.807, 2.05) is 42.5 Å². The number of nitrogens with zero attached hydrogens (tertiary/aromatic N) is 2. The Kier molecular flexibility index (Phi) is 6.49. The standard InChI is InChI=1S/C24H25N3O5/c1-2-31-22(29)9-11-25-24(30)23-19-15-27(12-10-20(19)32-26-23)21(28)14-16-7-8-17-5-3-4-6-18(17)13-16/h3-8,13H,2,9-12,14-15H2,1H3,(H,25,30). The molecule has 0 spiro atoms. The molecular formula is C24H25N3O5. The number of ether oxygens (including phenoxy) is 1. The van der Waals surface area contributed by atoms with Crippen LogP contribution in [0.25, 0.3) is 10.8 Å². The minimum absolute atomic E-state index is 0.0131. The third kappa shape index (κ3) is 4.80. The Balaban J connectivity index is 1.39. The van der Waals surface area contributed by atoms with Crippen LogP contribution in [0.15, 0.2) is 47.0 Å². The lowest BCUT2D eigenvalue weighted by Crippen LogP contribution is -2.37. The number of aromatic nitrogens is 1. The summed E-state index contributed by atoms with van der Waals surface area (Å²) in [6.45, 7) is 2.95. The van der Waals surface area contributed by atoms with Crippen LogP contribution in [0.2, 0.25) is 0 Å². The molecule has 0 unspecified atom stereocenters. The molecule has 2 heterocycles. The highest BCUT2D eigenvalue weighted by atomic mass is 16.5. The molecule has 0 radical (unpaired) electrons. The van der Waals surface area contributed by atoms with Gasteiger partial charge < -0.3 is 19.5 Å². The van der Waals surface area contributed by atoms with Gasteiger partial charge in [0.2, 0.25) is 5.91 Å². The molecule has 1 aliphatic rings. The van der Waals surface area contributed by atoms with Crippen molar-refractivity contribution >= 4 is 28.6 Å². The van der Waals surface area contributed by atoms with Gasteiger partial charge in [0.15, 0.2) is 5.69 Å². The first-order chi connectivity index (χ1) is 15.5. The monoisotopic (exact) mass is 435 g/mol. The SMILES string of the molecule is CCOC(=O)CCNC(=O)c1noc2c1CN(C(=O)Cc1ccc3ccccc3c1)CC2. The Labute approximate surface area is 185 Å². The Morgan fingerprint density at radius 2 is 1.97 bits per heavy atom. The summed E-state index contributed by atoms with van der Waals surface area (Å²) in [5, 5.41) is 8.79. The quantitative estimate of drug-likeness (QED) is 0.573. The third-order valence-electron chi connectivity index (χ3n) is 5.48. The summed E-state index contributed by atoms with van der Waals surface area (Å²) in [7, 11) is 0. The van der Waals surface area contributed by atoms with Gasteiger partial charge in [-0.1, -0.05) is 47.6 Å². The van der Waals surface area contributed by atoms with Crippen molar-refractivity contribution in [3.63, 3.8) is 0 Å². The molecule has 0 aliphatic carbocycles. The first-order valence-corrected chi connectivity index (χ1v) is 10.7. The molecule has 32 heavy (non-hydrogen) atoms. The molecule has 0 bridgehead atoms. The van der Waals surface area contributed by atoms with Crippen LogP contribution >= 0.6 is 0 Å². The van der Waals surface area contributed by atoms with Crippen LogP contribution in [0.5, 0.6) is 0 Å². The molecule has 1 aromatic heterocycles. The van der Waals surface area contributed by atoms with E-state index in [1.54, 1.807) is 11.8 Å². The topological polar surface area (TPSA) is 102 Å². The Bertz CT molecular complexity index is 1150. The summed E-state index contributed by atoms with van der Waals surface area (Å²) in [5.41, 5.74) is 1.73. The average molecular weight is 435 g/mol. The highest BCUT2D eigenvalue weighted by Gasteiger charge is 2.29. The number of nitrogens with one attached hydrogen (secondary N) is 1. The highest BCUT2D eigenvalue weighted by Crippen LogP contribution is 2.24. The van der Waals surface area contributed by atoms with E-state index in [4.69, 9.17) is 9.26 Å². The molecule has 1 N–H and O–H groups in total.